The lowest BCUT2D eigenvalue weighted by Gasteiger charge is -2.22. The Labute approximate surface area is 130 Å². The molecule has 3 N–H and O–H groups in total. The molecule has 1 aromatic heterocycles. The largest absolute Gasteiger partial charge is 0.396 e. The molecule has 3 rings (SSSR count). The zero-order valence-corrected chi connectivity index (χ0v) is 13.0. The number of hydrogen-bond donors (Lipinski definition) is 2. The molecule has 0 aromatic carbocycles. The van der Waals surface area contributed by atoms with E-state index in [2.05, 4.69) is 23.2 Å². The zero-order chi connectivity index (χ0) is 14.5. The summed E-state index contributed by atoms with van der Waals surface area (Å²) in [5.41, 5.74) is 6.89. The molecular formula is C17H22N2OS. The molecule has 1 aliphatic carbocycles. The SMILES string of the molecule is N/C(=C\NCC1CCCCO1)c1ccc(C#CC2CC2)s1. The highest BCUT2D eigenvalue weighted by Crippen LogP contribution is 2.28. The van der Waals surface area contributed by atoms with E-state index < -0.39 is 0 Å². The van der Waals surface area contributed by atoms with Crippen LogP contribution in [0.4, 0.5) is 0 Å². The third-order valence-corrected chi connectivity index (χ3v) is 4.79. The molecule has 21 heavy (non-hydrogen) atoms. The van der Waals surface area contributed by atoms with Gasteiger partial charge < -0.3 is 15.8 Å². The maximum absolute atomic E-state index is 6.11. The summed E-state index contributed by atoms with van der Waals surface area (Å²) < 4.78 is 5.68. The molecule has 1 unspecified atom stereocenters. The average Bonchev–Trinajstić information content (AvgIpc) is 3.22. The van der Waals surface area contributed by atoms with Crippen molar-refractivity contribution in [1.82, 2.24) is 5.32 Å². The van der Waals surface area contributed by atoms with Crippen LogP contribution >= 0.6 is 11.3 Å². The third-order valence-electron chi connectivity index (χ3n) is 3.74. The maximum atomic E-state index is 6.11. The predicted molar refractivity (Wildman–Crippen MR) is 87.7 cm³/mol. The molecule has 0 radical (unpaired) electrons. The van der Waals surface area contributed by atoms with Gasteiger partial charge in [0.15, 0.2) is 0 Å². The van der Waals surface area contributed by atoms with Crippen molar-refractivity contribution in [2.45, 2.75) is 38.2 Å². The minimum absolute atomic E-state index is 0.325. The summed E-state index contributed by atoms with van der Waals surface area (Å²) in [7, 11) is 0. The van der Waals surface area contributed by atoms with Crippen molar-refractivity contribution in [2.24, 2.45) is 11.7 Å². The Morgan fingerprint density at radius 1 is 1.38 bits per heavy atom. The second-order valence-corrected chi connectivity index (χ2v) is 6.79. The highest BCUT2D eigenvalue weighted by Gasteiger charge is 2.17. The van der Waals surface area contributed by atoms with Gasteiger partial charge in [0.2, 0.25) is 0 Å². The Morgan fingerprint density at radius 2 is 2.29 bits per heavy atom. The fraction of sp³-hybridized carbons (Fsp3) is 0.529. The monoisotopic (exact) mass is 302 g/mol. The molecule has 0 spiro atoms. The van der Waals surface area contributed by atoms with Crippen LogP contribution in [0.2, 0.25) is 0 Å². The summed E-state index contributed by atoms with van der Waals surface area (Å²) in [6.45, 7) is 1.72. The molecule has 0 amide bonds. The van der Waals surface area contributed by atoms with E-state index in [9.17, 15) is 0 Å². The van der Waals surface area contributed by atoms with Crippen LogP contribution in [0.15, 0.2) is 18.3 Å². The molecule has 112 valence electrons. The van der Waals surface area contributed by atoms with Gasteiger partial charge in [-0.15, -0.1) is 11.3 Å². The lowest BCUT2D eigenvalue weighted by molar-refractivity contribution is 0.0188. The standard InChI is InChI=1S/C17H22N2OS/c18-16(12-19-11-14-3-1-2-10-20-14)17-9-8-15(21-17)7-6-13-4-5-13/h8-9,12-14,19H,1-5,10-11,18H2/b16-12-. The Balaban J connectivity index is 1.50. The first kappa shape index (κ1) is 14.5. The van der Waals surface area contributed by atoms with Gasteiger partial charge in [-0.05, 0) is 44.2 Å². The van der Waals surface area contributed by atoms with E-state index in [1.165, 1.54) is 25.7 Å². The zero-order valence-electron chi connectivity index (χ0n) is 12.2. The Kier molecular flexibility index (Phi) is 4.84. The van der Waals surface area contributed by atoms with Gasteiger partial charge >= 0.3 is 0 Å². The van der Waals surface area contributed by atoms with Crippen LogP contribution in [0.3, 0.4) is 0 Å². The summed E-state index contributed by atoms with van der Waals surface area (Å²) in [6.07, 6.45) is 8.34. The molecule has 1 atom stereocenters. The fourth-order valence-electron chi connectivity index (χ4n) is 2.30. The van der Waals surface area contributed by atoms with Crippen molar-refractivity contribution in [3.63, 3.8) is 0 Å². The van der Waals surface area contributed by atoms with Crippen molar-refractivity contribution in [3.05, 3.63) is 28.1 Å². The first-order valence-corrected chi connectivity index (χ1v) is 8.55. The van der Waals surface area contributed by atoms with E-state index >= 15 is 0 Å². The van der Waals surface area contributed by atoms with E-state index in [0.717, 1.165) is 35.0 Å². The van der Waals surface area contributed by atoms with E-state index in [1.54, 1.807) is 11.3 Å². The lowest BCUT2D eigenvalue weighted by atomic mass is 10.1. The molecule has 2 fully saturated rings. The van der Waals surface area contributed by atoms with Crippen molar-refractivity contribution < 1.29 is 4.74 Å². The van der Waals surface area contributed by atoms with Crippen molar-refractivity contribution >= 4 is 17.0 Å². The van der Waals surface area contributed by atoms with E-state index in [4.69, 9.17) is 10.5 Å². The van der Waals surface area contributed by atoms with Crippen LogP contribution in [-0.4, -0.2) is 19.3 Å². The quantitative estimate of drug-likeness (QED) is 0.841. The highest BCUT2D eigenvalue weighted by molar-refractivity contribution is 7.13. The van der Waals surface area contributed by atoms with Crippen LogP contribution in [-0.2, 0) is 4.74 Å². The minimum Gasteiger partial charge on any atom is -0.396 e. The fourth-order valence-corrected chi connectivity index (χ4v) is 3.10. The summed E-state index contributed by atoms with van der Waals surface area (Å²) >= 11 is 1.66. The number of thiophene rings is 1. The Hall–Kier alpha value is -1.44. The Morgan fingerprint density at radius 3 is 3.05 bits per heavy atom. The molecule has 4 heteroatoms. The van der Waals surface area contributed by atoms with Gasteiger partial charge in [-0.3, -0.25) is 0 Å². The van der Waals surface area contributed by atoms with Crippen LogP contribution in [0.1, 0.15) is 41.9 Å². The van der Waals surface area contributed by atoms with Crippen molar-refractivity contribution in [1.29, 1.82) is 0 Å². The normalized spacial score (nSPS) is 22.5. The molecule has 3 nitrogen and oxygen atoms in total. The summed E-state index contributed by atoms with van der Waals surface area (Å²) in [5.74, 6) is 7.15. The Bertz CT molecular complexity index is 557. The van der Waals surface area contributed by atoms with Gasteiger partial charge in [-0.1, -0.05) is 11.8 Å². The number of ether oxygens (including phenoxy) is 1. The number of rotatable bonds is 4. The summed E-state index contributed by atoms with van der Waals surface area (Å²) in [6, 6.07) is 4.10. The number of nitrogens with one attached hydrogen (secondary N) is 1. The van der Waals surface area contributed by atoms with Crippen molar-refractivity contribution in [2.75, 3.05) is 13.2 Å². The van der Waals surface area contributed by atoms with E-state index in [1.807, 2.05) is 12.3 Å². The summed E-state index contributed by atoms with van der Waals surface area (Å²) in [4.78, 5) is 2.18. The second kappa shape index (κ2) is 7.02. The van der Waals surface area contributed by atoms with Crippen LogP contribution in [0, 0.1) is 17.8 Å². The minimum atomic E-state index is 0.325. The maximum Gasteiger partial charge on any atom is 0.0775 e. The molecular weight excluding hydrogens is 280 g/mol. The van der Waals surface area contributed by atoms with Gasteiger partial charge in [0.25, 0.3) is 0 Å². The molecule has 2 heterocycles. The van der Waals surface area contributed by atoms with Crippen LogP contribution in [0.5, 0.6) is 0 Å². The molecule has 2 aliphatic rings. The van der Waals surface area contributed by atoms with Gasteiger partial charge in [0.05, 0.1) is 21.6 Å². The van der Waals surface area contributed by atoms with E-state index in [0.29, 0.717) is 12.0 Å². The van der Waals surface area contributed by atoms with Crippen LogP contribution in [0.25, 0.3) is 5.70 Å². The summed E-state index contributed by atoms with van der Waals surface area (Å²) in [5, 5.41) is 3.28. The van der Waals surface area contributed by atoms with Crippen LogP contribution < -0.4 is 11.1 Å². The molecule has 1 saturated carbocycles. The molecule has 1 aliphatic heterocycles. The topological polar surface area (TPSA) is 47.3 Å². The van der Waals surface area contributed by atoms with Gasteiger partial charge in [-0.2, -0.15) is 0 Å². The predicted octanol–water partition coefficient (Wildman–Crippen LogP) is 2.93. The van der Waals surface area contributed by atoms with E-state index in [-0.39, 0.29) is 0 Å². The smallest absolute Gasteiger partial charge is 0.0775 e. The number of nitrogens with two attached hydrogens (primary N) is 1. The third kappa shape index (κ3) is 4.52. The molecule has 1 aromatic rings. The van der Waals surface area contributed by atoms with Gasteiger partial charge in [0, 0.05) is 25.3 Å². The second-order valence-electron chi connectivity index (χ2n) is 5.70. The van der Waals surface area contributed by atoms with Gasteiger partial charge in [0.1, 0.15) is 0 Å². The highest BCUT2D eigenvalue weighted by atomic mass is 32.1. The molecule has 1 saturated heterocycles. The first-order chi connectivity index (χ1) is 10.3. The first-order valence-electron chi connectivity index (χ1n) is 7.73. The lowest BCUT2D eigenvalue weighted by Crippen LogP contribution is -2.29. The average molecular weight is 302 g/mol. The van der Waals surface area contributed by atoms with Gasteiger partial charge in [-0.25, -0.2) is 0 Å². The number of hydrogen-bond acceptors (Lipinski definition) is 4. The van der Waals surface area contributed by atoms with Crippen molar-refractivity contribution in [3.8, 4) is 11.8 Å². The molecule has 0 bridgehead atoms.